The Morgan fingerprint density at radius 1 is 1.23 bits per heavy atom. The van der Waals surface area contributed by atoms with Crippen molar-refractivity contribution in [2.75, 3.05) is 19.7 Å². The molecule has 0 bridgehead atoms. The number of allylic oxidation sites excluding steroid dienone is 1. The predicted octanol–water partition coefficient (Wildman–Crippen LogP) is 2.32. The number of sulfonamides is 1. The van der Waals surface area contributed by atoms with Gasteiger partial charge in [0, 0.05) is 19.5 Å². The lowest BCUT2D eigenvalue weighted by molar-refractivity contribution is -0.0175. The second kappa shape index (κ2) is 6.94. The Labute approximate surface area is 152 Å². The number of ether oxygens (including phenoxy) is 1. The van der Waals surface area contributed by atoms with Crippen LogP contribution in [0.2, 0.25) is 0 Å². The van der Waals surface area contributed by atoms with Gasteiger partial charge < -0.3 is 9.15 Å². The Morgan fingerprint density at radius 2 is 2.08 bits per heavy atom. The maximum absolute atomic E-state index is 13.1. The van der Waals surface area contributed by atoms with Gasteiger partial charge in [0.15, 0.2) is 0 Å². The summed E-state index contributed by atoms with van der Waals surface area (Å²) in [4.78, 5) is 0.455. The van der Waals surface area contributed by atoms with Gasteiger partial charge in [0.2, 0.25) is 21.8 Å². The zero-order valence-electron chi connectivity index (χ0n) is 14.6. The lowest BCUT2D eigenvalue weighted by atomic mass is 9.98. The highest BCUT2D eigenvalue weighted by molar-refractivity contribution is 7.93. The molecule has 0 N–H and O–H groups in total. The van der Waals surface area contributed by atoms with Crippen molar-refractivity contribution >= 4 is 16.1 Å². The van der Waals surface area contributed by atoms with Crippen LogP contribution in [-0.4, -0.2) is 42.6 Å². The lowest BCUT2D eigenvalue weighted by Crippen LogP contribution is -2.43. The first-order valence-electron chi connectivity index (χ1n) is 8.80. The molecule has 0 spiro atoms. The molecule has 1 aromatic heterocycles. The molecule has 7 nitrogen and oxygen atoms in total. The van der Waals surface area contributed by atoms with E-state index in [0.717, 1.165) is 12.0 Å². The minimum absolute atomic E-state index is 0.187. The van der Waals surface area contributed by atoms with Gasteiger partial charge in [-0.25, -0.2) is 8.42 Å². The zero-order valence-corrected chi connectivity index (χ0v) is 15.4. The van der Waals surface area contributed by atoms with Crippen LogP contribution in [0.15, 0.2) is 33.6 Å². The van der Waals surface area contributed by atoms with Gasteiger partial charge in [-0.2, -0.15) is 4.31 Å². The molecule has 1 atom stereocenters. The maximum atomic E-state index is 13.1. The van der Waals surface area contributed by atoms with E-state index in [9.17, 15) is 8.42 Å². The van der Waals surface area contributed by atoms with Crippen molar-refractivity contribution in [2.45, 2.75) is 32.3 Å². The van der Waals surface area contributed by atoms with E-state index in [1.165, 1.54) is 9.87 Å². The number of hydrogen-bond acceptors (Lipinski definition) is 6. The molecule has 0 radical (unpaired) electrons. The molecule has 138 valence electrons. The average Bonchev–Trinajstić information content (AvgIpc) is 3.17. The first kappa shape index (κ1) is 17.4. The monoisotopic (exact) mass is 375 g/mol. The predicted molar refractivity (Wildman–Crippen MR) is 95.6 cm³/mol. The van der Waals surface area contributed by atoms with Crippen LogP contribution in [-0.2, 0) is 27.6 Å². The Balaban J connectivity index is 1.57. The average molecular weight is 375 g/mol. The van der Waals surface area contributed by atoms with Gasteiger partial charge in [0.05, 0.1) is 11.5 Å². The number of fused-ring (bicyclic) bond motifs is 1. The van der Waals surface area contributed by atoms with Gasteiger partial charge in [0.25, 0.3) is 0 Å². The van der Waals surface area contributed by atoms with Gasteiger partial charge in [-0.15, -0.1) is 10.2 Å². The van der Waals surface area contributed by atoms with Gasteiger partial charge >= 0.3 is 0 Å². The number of rotatable bonds is 4. The molecule has 2 heterocycles. The van der Waals surface area contributed by atoms with Crippen LogP contribution in [0.5, 0.6) is 0 Å². The number of morpholine rings is 1. The van der Waals surface area contributed by atoms with Crippen LogP contribution >= 0.6 is 0 Å². The smallest absolute Gasteiger partial charge is 0.246 e. The van der Waals surface area contributed by atoms with Gasteiger partial charge in [-0.05, 0) is 30.0 Å². The van der Waals surface area contributed by atoms with Crippen molar-refractivity contribution in [3.8, 4) is 0 Å². The van der Waals surface area contributed by atoms with Crippen LogP contribution in [0.4, 0.5) is 0 Å². The summed E-state index contributed by atoms with van der Waals surface area (Å²) >= 11 is 0. The number of nitrogens with zero attached hydrogens (tertiary/aromatic N) is 3. The quantitative estimate of drug-likeness (QED) is 0.815. The van der Waals surface area contributed by atoms with E-state index < -0.39 is 16.1 Å². The van der Waals surface area contributed by atoms with Crippen LogP contribution < -0.4 is 0 Å². The van der Waals surface area contributed by atoms with Crippen molar-refractivity contribution in [1.29, 1.82) is 0 Å². The fraction of sp³-hybridized carbons (Fsp3) is 0.444. The van der Waals surface area contributed by atoms with Crippen molar-refractivity contribution in [3.05, 3.63) is 52.1 Å². The first-order valence-corrected chi connectivity index (χ1v) is 10.2. The third-order valence-electron chi connectivity index (χ3n) is 4.77. The van der Waals surface area contributed by atoms with E-state index >= 15 is 0 Å². The third kappa shape index (κ3) is 3.20. The molecule has 26 heavy (non-hydrogen) atoms. The fourth-order valence-corrected chi connectivity index (χ4v) is 4.92. The molecule has 1 fully saturated rings. The lowest BCUT2D eigenvalue weighted by Gasteiger charge is -2.31. The first-order chi connectivity index (χ1) is 12.6. The number of hydrogen-bond donors (Lipinski definition) is 0. The molecule has 2 aliphatic rings. The summed E-state index contributed by atoms with van der Waals surface area (Å²) in [5, 5.41) is 7.93. The van der Waals surface area contributed by atoms with E-state index in [1.54, 1.807) is 6.08 Å². The Kier molecular flexibility index (Phi) is 4.64. The Morgan fingerprint density at radius 3 is 2.88 bits per heavy atom. The fourth-order valence-electron chi connectivity index (χ4n) is 3.31. The minimum atomic E-state index is -3.54. The highest BCUT2D eigenvalue weighted by Gasteiger charge is 2.35. The second-order valence-electron chi connectivity index (χ2n) is 6.42. The molecular formula is C18H21N3O4S. The molecule has 2 aromatic rings. The topological polar surface area (TPSA) is 85.5 Å². The van der Waals surface area contributed by atoms with Crippen LogP contribution in [0.3, 0.4) is 0 Å². The van der Waals surface area contributed by atoms with E-state index in [-0.39, 0.29) is 6.54 Å². The zero-order chi connectivity index (χ0) is 18.1. The molecule has 0 saturated carbocycles. The molecule has 8 heteroatoms. The summed E-state index contributed by atoms with van der Waals surface area (Å²) in [6, 6.07) is 7.90. The second-order valence-corrected chi connectivity index (χ2v) is 8.41. The van der Waals surface area contributed by atoms with E-state index in [1.807, 2.05) is 31.2 Å². The van der Waals surface area contributed by atoms with Gasteiger partial charge in [-0.3, -0.25) is 0 Å². The Hall–Kier alpha value is -2.03. The molecule has 1 aromatic carbocycles. The van der Waals surface area contributed by atoms with Crippen LogP contribution in [0, 0.1) is 0 Å². The highest BCUT2D eigenvalue weighted by Crippen LogP contribution is 2.31. The Bertz CT molecular complexity index is 935. The third-order valence-corrected chi connectivity index (χ3v) is 6.77. The van der Waals surface area contributed by atoms with Gasteiger partial charge in [-0.1, -0.05) is 31.2 Å². The summed E-state index contributed by atoms with van der Waals surface area (Å²) in [7, 11) is -3.54. The van der Waals surface area contributed by atoms with Gasteiger partial charge in [0.1, 0.15) is 6.10 Å². The van der Waals surface area contributed by atoms with Crippen molar-refractivity contribution < 1.29 is 17.6 Å². The molecule has 0 unspecified atom stereocenters. The maximum Gasteiger partial charge on any atom is 0.246 e. The van der Waals surface area contributed by atoms with Crippen LogP contribution in [0.1, 0.15) is 42.4 Å². The molecular weight excluding hydrogens is 354 g/mol. The van der Waals surface area contributed by atoms with E-state index in [0.29, 0.717) is 42.7 Å². The summed E-state index contributed by atoms with van der Waals surface area (Å²) in [5.74, 6) is 0.861. The minimum Gasteiger partial charge on any atom is -0.422 e. The molecule has 1 saturated heterocycles. The number of benzene rings is 1. The largest absolute Gasteiger partial charge is 0.422 e. The summed E-state index contributed by atoms with van der Waals surface area (Å²) in [5.41, 5.74) is 2.16. The van der Waals surface area contributed by atoms with Crippen molar-refractivity contribution in [1.82, 2.24) is 14.5 Å². The highest BCUT2D eigenvalue weighted by atomic mass is 32.2. The van der Waals surface area contributed by atoms with E-state index in [2.05, 4.69) is 10.2 Å². The SMILES string of the molecule is CCc1nnc([C@@H]2CN(S(=O)(=O)C3=Cc4ccccc4CC3)CCO2)o1. The summed E-state index contributed by atoms with van der Waals surface area (Å²) in [6.07, 6.45) is 3.15. The van der Waals surface area contributed by atoms with E-state index in [4.69, 9.17) is 9.15 Å². The normalized spacial score (nSPS) is 21.3. The van der Waals surface area contributed by atoms with Crippen molar-refractivity contribution in [2.24, 2.45) is 0 Å². The molecule has 4 rings (SSSR count). The summed E-state index contributed by atoms with van der Waals surface area (Å²) in [6.45, 7) is 2.74. The van der Waals surface area contributed by atoms with Crippen molar-refractivity contribution in [3.63, 3.8) is 0 Å². The number of aryl methyl sites for hydroxylation is 2. The molecule has 0 amide bonds. The summed E-state index contributed by atoms with van der Waals surface area (Å²) < 4.78 is 38.9. The molecule has 1 aliphatic heterocycles. The standard InChI is InChI=1S/C18H21N3O4S/c1-2-17-19-20-18(25-17)16-12-21(9-10-24-16)26(22,23)15-8-7-13-5-3-4-6-14(13)11-15/h3-6,11,16H,2,7-10,12H2,1H3/t16-/m0/s1. The molecule has 1 aliphatic carbocycles. The number of aromatic nitrogens is 2. The van der Waals surface area contributed by atoms with Crippen LogP contribution in [0.25, 0.3) is 6.08 Å².